The number of hydrogen-bond acceptors (Lipinski definition) is 5. The maximum absolute atomic E-state index is 5.71. The van der Waals surface area contributed by atoms with E-state index in [0.717, 1.165) is 19.5 Å². The highest BCUT2D eigenvalue weighted by Gasteiger charge is 2.20. The van der Waals surface area contributed by atoms with Crippen molar-refractivity contribution in [3.63, 3.8) is 0 Å². The predicted octanol–water partition coefficient (Wildman–Crippen LogP) is 1.69. The molecule has 0 radical (unpaired) electrons. The standard InChI is InChI=1S/C14H18N4O/c1-17(2)10-13-15-16-14(19-13)18-8-7-11-5-3-4-6-12(11)9-18/h3-6H,7-10H2,1-2H3. The summed E-state index contributed by atoms with van der Waals surface area (Å²) in [5.41, 5.74) is 2.77. The van der Waals surface area contributed by atoms with Gasteiger partial charge in [-0.25, -0.2) is 0 Å². The maximum atomic E-state index is 5.71. The van der Waals surface area contributed by atoms with E-state index in [1.54, 1.807) is 0 Å². The molecule has 0 bridgehead atoms. The molecule has 1 aromatic heterocycles. The van der Waals surface area contributed by atoms with Crippen LogP contribution in [0.4, 0.5) is 6.01 Å². The summed E-state index contributed by atoms with van der Waals surface area (Å²) in [6.07, 6.45) is 1.03. The summed E-state index contributed by atoms with van der Waals surface area (Å²) in [6, 6.07) is 9.16. The minimum Gasteiger partial charge on any atom is -0.407 e. The molecule has 0 unspecified atom stereocenters. The Morgan fingerprint density at radius 1 is 1.21 bits per heavy atom. The van der Waals surface area contributed by atoms with Crippen molar-refractivity contribution in [1.29, 1.82) is 0 Å². The first kappa shape index (κ1) is 12.2. The monoisotopic (exact) mass is 258 g/mol. The normalized spacial score (nSPS) is 14.8. The molecule has 1 aliphatic heterocycles. The maximum Gasteiger partial charge on any atom is 0.318 e. The summed E-state index contributed by atoms with van der Waals surface area (Å²) in [4.78, 5) is 4.16. The fraction of sp³-hybridized carbons (Fsp3) is 0.429. The van der Waals surface area contributed by atoms with E-state index in [-0.39, 0.29) is 0 Å². The Bertz CT molecular complexity index is 564. The van der Waals surface area contributed by atoms with E-state index in [0.29, 0.717) is 18.5 Å². The molecule has 0 saturated carbocycles. The van der Waals surface area contributed by atoms with Gasteiger partial charge in [0.25, 0.3) is 0 Å². The van der Waals surface area contributed by atoms with E-state index >= 15 is 0 Å². The molecule has 0 aliphatic carbocycles. The highest BCUT2D eigenvalue weighted by atomic mass is 16.4. The van der Waals surface area contributed by atoms with Gasteiger partial charge in [0.2, 0.25) is 5.89 Å². The van der Waals surface area contributed by atoms with E-state index in [1.165, 1.54) is 11.1 Å². The van der Waals surface area contributed by atoms with Crippen molar-refractivity contribution in [3.05, 3.63) is 41.3 Å². The van der Waals surface area contributed by atoms with Crippen molar-refractivity contribution in [3.8, 4) is 0 Å². The van der Waals surface area contributed by atoms with Crippen molar-refractivity contribution in [2.45, 2.75) is 19.5 Å². The van der Waals surface area contributed by atoms with Crippen LogP contribution in [0.15, 0.2) is 28.7 Å². The molecule has 0 saturated heterocycles. The summed E-state index contributed by atoms with van der Waals surface area (Å²) >= 11 is 0. The first-order chi connectivity index (χ1) is 9.22. The van der Waals surface area contributed by atoms with Gasteiger partial charge in [-0.15, -0.1) is 5.10 Å². The molecule has 19 heavy (non-hydrogen) atoms. The van der Waals surface area contributed by atoms with E-state index in [2.05, 4.69) is 39.4 Å². The second kappa shape index (κ2) is 5.01. The zero-order chi connectivity index (χ0) is 13.2. The highest BCUT2D eigenvalue weighted by molar-refractivity contribution is 5.37. The molecule has 3 rings (SSSR count). The van der Waals surface area contributed by atoms with Crippen LogP contribution in [0, 0.1) is 0 Å². The molecule has 0 spiro atoms. The van der Waals surface area contributed by atoms with E-state index in [9.17, 15) is 0 Å². The van der Waals surface area contributed by atoms with Crippen molar-refractivity contribution in [2.24, 2.45) is 0 Å². The molecule has 0 atom stereocenters. The van der Waals surface area contributed by atoms with Crippen molar-refractivity contribution in [2.75, 3.05) is 25.5 Å². The van der Waals surface area contributed by atoms with Gasteiger partial charge < -0.3 is 14.2 Å². The fourth-order valence-electron chi connectivity index (χ4n) is 2.37. The Labute approximate surface area is 112 Å². The Morgan fingerprint density at radius 2 is 2.00 bits per heavy atom. The van der Waals surface area contributed by atoms with Crippen LogP contribution in [-0.2, 0) is 19.5 Å². The zero-order valence-corrected chi connectivity index (χ0v) is 11.3. The van der Waals surface area contributed by atoms with Crippen LogP contribution in [0.5, 0.6) is 0 Å². The van der Waals surface area contributed by atoms with Gasteiger partial charge in [0.05, 0.1) is 6.54 Å². The van der Waals surface area contributed by atoms with Gasteiger partial charge in [0.1, 0.15) is 0 Å². The first-order valence-corrected chi connectivity index (χ1v) is 6.51. The van der Waals surface area contributed by atoms with Gasteiger partial charge in [-0.05, 0) is 31.6 Å². The van der Waals surface area contributed by atoms with Gasteiger partial charge in [-0.1, -0.05) is 29.4 Å². The Hall–Kier alpha value is -1.88. The highest BCUT2D eigenvalue weighted by Crippen LogP contribution is 2.23. The molecular weight excluding hydrogens is 240 g/mol. The fourth-order valence-corrected chi connectivity index (χ4v) is 2.37. The van der Waals surface area contributed by atoms with Gasteiger partial charge in [-0.3, -0.25) is 0 Å². The third-order valence-corrected chi connectivity index (χ3v) is 3.31. The van der Waals surface area contributed by atoms with Gasteiger partial charge >= 0.3 is 6.01 Å². The lowest BCUT2D eigenvalue weighted by Gasteiger charge is -2.26. The van der Waals surface area contributed by atoms with Gasteiger partial charge in [0, 0.05) is 13.1 Å². The Balaban J connectivity index is 1.76. The molecular formula is C14H18N4O. The number of benzene rings is 1. The Morgan fingerprint density at radius 3 is 2.79 bits per heavy atom. The topological polar surface area (TPSA) is 45.4 Å². The molecule has 5 nitrogen and oxygen atoms in total. The lowest BCUT2D eigenvalue weighted by atomic mass is 10.0. The minimum absolute atomic E-state index is 0.631. The van der Waals surface area contributed by atoms with E-state index < -0.39 is 0 Å². The second-order valence-corrected chi connectivity index (χ2v) is 5.16. The van der Waals surface area contributed by atoms with Crippen LogP contribution in [-0.4, -0.2) is 35.7 Å². The molecule has 5 heteroatoms. The van der Waals surface area contributed by atoms with Crippen LogP contribution in [0.1, 0.15) is 17.0 Å². The minimum atomic E-state index is 0.631. The van der Waals surface area contributed by atoms with Gasteiger partial charge in [-0.2, -0.15) is 0 Å². The van der Waals surface area contributed by atoms with Crippen LogP contribution in [0.2, 0.25) is 0 Å². The molecule has 100 valence electrons. The summed E-state index contributed by atoms with van der Waals surface area (Å²) in [7, 11) is 3.97. The van der Waals surface area contributed by atoms with Crippen LogP contribution >= 0.6 is 0 Å². The number of rotatable bonds is 3. The smallest absolute Gasteiger partial charge is 0.318 e. The number of aromatic nitrogens is 2. The predicted molar refractivity (Wildman–Crippen MR) is 72.9 cm³/mol. The lowest BCUT2D eigenvalue weighted by Crippen LogP contribution is -2.30. The first-order valence-electron chi connectivity index (χ1n) is 6.51. The lowest BCUT2D eigenvalue weighted by molar-refractivity contribution is 0.341. The molecule has 0 amide bonds. The summed E-state index contributed by atoms with van der Waals surface area (Å²) in [5, 5.41) is 8.24. The quantitative estimate of drug-likeness (QED) is 0.838. The Kier molecular flexibility index (Phi) is 3.21. The third-order valence-electron chi connectivity index (χ3n) is 3.31. The van der Waals surface area contributed by atoms with E-state index in [1.807, 2.05) is 19.0 Å². The number of nitrogens with zero attached hydrogens (tertiary/aromatic N) is 4. The number of hydrogen-bond donors (Lipinski definition) is 0. The SMILES string of the molecule is CN(C)Cc1nnc(N2CCc3ccccc3C2)o1. The van der Waals surface area contributed by atoms with Gasteiger partial charge in [0.15, 0.2) is 0 Å². The average Bonchev–Trinajstić information content (AvgIpc) is 2.86. The summed E-state index contributed by atoms with van der Waals surface area (Å²) < 4.78 is 5.71. The molecule has 2 aromatic rings. The number of anilines is 1. The molecule has 0 fully saturated rings. The summed E-state index contributed by atoms with van der Waals surface area (Å²) in [5.74, 6) is 0.666. The summed E-state index contributed by atoms with van der Waals surface area (Å²) in [6.45, 7) is 2.46. The van der Waals surface area contributed by atoms with E-state index in [4.69, 9.17) is 4.42 Å². The van der Waals surface area contributed by atoms with Crippen molar-refractivity contribution < 1.29 is 4.42 Å². The average molecular weight is 258 g/mol. The molecule has 1 aliphatic rings. The largest absolute Gasteiger partial charge is 0.407 e. The van der Waals surface area contributed by atoms with Crippen molar-refractivity contribution in [1.82, 2.24) is 15.1 Å². The zero-order valence-electron chi connectivity index (χ0n) is 11.3. The van der Waals surface area contributed by atoms with Crippen LogP contribution in [0.3, 0.4) is 0 Å². The van der Waals surface area contributed by atoms with Crippen LogP contribution in [0.25, 0.3) is 0 Å². The number of fused-ring (bicyclic) bond motifs is 1. The van der Waals surface area contributed by atoms with Crippen LogP contribution < -0.4 is 4.90 Å². The molecule has 2 heterocycles. The molecule has 0 N–H and O–H groups in total. The third kappa shape index (κ3) is 2.61. The second-order valence-electron chi connectivity index (χ2n) is 5.16. The molecule has 1 aromatic carbocycles. The van der Waals surface area contributed by atoms with Crippen molar-refractivity contribution >= 4 is 6.01 Å².